The van der Waals surface area contributed by atoms with Crippen molar-refractivity contribution in [3.05, 3.63) is 35.4 Å². The lowest BCUT2D eigenvalue weighted by molar-refractivity contribution is 0.384. The van der Waals surface area contributed by atoms with Gasteiger partial charge in [0.1, 0.15) is 0 Å². The van der Waals surface area contributed by atoms with Crippen LogP contribution in [0.2, 0.25) is 0 Å². The summed E-state index contributed by atoms with van der Waals surface area (Å²) in [6.07, 6.45) is 9.71. The number of aryl methyl sites for hydroxylation is 1. The first-order valence-corrected chi connectivity index (χ1v) is 7.50. The van der Waals surface area contributed by atoms with Gasteiger partial charge in [-0.05, 0) is 42.7 Å². The second-order valence-corrected chi connectivity index (χ2v) is 5.56. The van der Waals surface area contributed by atoms with Crippen molar-refractivity contribution in [2.45, 2.75) is 57.3 Å². The van der Waals surface area contributed by atoms with Gasteiger partial charge in [0, 0.05) is 6.42 Å². The molecule has 1 aromatic rings. The van der Waals surface area contributed by atoms with Crippen molar-refractivity contribution < 1.29 is 4.74 Å². The van der Waals surface area contributed by atoms with Gasteiger partial charge >= 0.3 is 0 Å². The summed E-state index contributed by atoms with van der Waals surface area (Å²) in [4.78, 5) is 0. The molecule has 1 aromatic carbocycles. The van der Waals surface area contributed by atoms with E-state index in [0.717, 1.165) is 25.2 Å². The Morgan fingerprint density at radius 3 is 2.47 bits per heavy atom. The van der Waals surface area contributed by atoms with Gasteiger partial charge in [-0.2, -0.15) is 0 Å². The fourth-order valence-corrected chi connectivity index (χ4v) is 2.95. The Hall–Kier alpha value is -1.31. The van der Waals surface area contributed by atoms with Crippen molar-refractivity contribution in [3.8, 4) is 0 Å². The third-order valence-electron chi connectivity index (χ3n) is 4.17. The van der Waals surface area contributed by atoms with Crippen LogP contribution in [0.5, 0.6) is 0 Å². The quantitative estimate of drug-likeness (QED) is 0.604. The van der Waals surface area contributed by atoms with E-state index in [4.69, 9.17) is 10.1 Å². The number of hydrogen-bond donors (Lipinski definition) is 1. The number of hydrogen-bond acceptors (Lipinski definition) is 2. The molecule has 2 nitrogen and oxygen atoms in total. The van der Waals surface area contributed by atoms with E-state index in [0.29, 0.717) is 5.90 Å². The van der Waals surface area contributed by atoms with Crippen molar-refractivity contribution >= 4 is 5.90 Å². The number of nitrogens with one attached hydrogen (secondary N) is 1. The SMILES string of the molecule is COC(=N)CCCc1ccc(C2CCCCC2)cc1. The van der Waals surface area contributed by atoms with Crippen molar-refractivity contribution in [1.82, 2.24) is 0 Å². The van der Waals surface area contributed by atoms with Crippen molar-refractivity contribution in [2.24, 2.45) is 0 Å². The van der Waals surface area contributed by atoms with Gasteiger partial charge in [0.15, 0.2) is 5.90 Å². The third kappa shape index (κ3) is 4.38. The zero-order valence-corrected chi connectivity index (χ0v) is 12.0. The Kier molecular flexibility index (Phi) is 5.44. The fourth-order valence-electron chi connectivity index (χ4n) is 2.95. The van der Waals surface area contributed by atoms with Crippen molar-refractivity contribution in [2.75, 3.05) is 7.11 Å². The molecular weight excluding hydrogens is 234 g/mol. The van der Waals surface area contributed by atoms with Crippen LogP contribution in [0.4, 0.5) is 0 Å². The van der Waals surface area contributed by atoms with E-state index in [9.17, 15) is 0 Å². The molecule has 19 heavy (non-hydrogen) atoms. The summed E-state index contributed by atoms with van der Waals surface area (Å²) in [5.74, 6) is 1.18. The Bertz CT molecular complexity index is 390. The minimum absolute atomic E-state index is 0.388. The molecule has 0 bridgehead atoms. The number of rotatable bonds is 5. The highest BCUT2D eigenvalue weighted by molar-refractivity contribution is 5.72. The maximum atomic E-state index is 7.45. The average Bonchev–Trinajstić information content (AvgIpc) is 2.48. The predicted octanol–water partition coefficient (Wildman–Crippen LogP) is 4.68. The first-order chi connectivity index (χ1) is 9.29. The summed E-state index contributed by atoms with van der Waals surface area (Å²) in [5, 5.41) is 7.45. The van der Waals surface area contributed by atoms with Gasteiger partial charge in [-0.15, -0.1) is 0 Å². The fraction of sp³-hybridized carbons (Fsp3) is 0.588. The summed E-state index contributed by atoms with van der Waals surface area (Å²) in [6, 6.07) is 9.15. The standard InChI is InChI=1S/C17H25NO/c1-19-17(18)9-5-6-14-10-12-16(13-11-14)15-7-3-2-4-8-15/h10-13,15,18H,2-9H2,1H3. The average molecular weight is 259 g/mol. The van der Waals surface area contributed by atoms with Crippen LogP contribution in [0.3, 0.4) is 0 Å². The monoisotopic (exact) mass is 259 g/mol. The zero-order chi connectivity index (χ0) is 13.5. The van der Waals surface area contributed by atoms with Crippen LogP contribution >= 0.6 is 0 Å². The van der Waals surface area contributed by atoms with Crippen LogP contribution in [0.1, 0.15) is 62.0 Å². The van der Waals surface area contributed by atoms with E-state index in [1.807, 2.05) is 0 Å². The molecule has 0 amide bonds. The van der Waals surface area contributed by atoms with Gasteiger partial charge in [0.25, 0.3) is 0 Å². The van der Waals surface area contributed by atoms with Crippen LogP contribution in [0, 0.1) is 5.41 Å². The van der Waals surface area contributed by atoms with E-state index in [-0.39, 0.29) is 0 Å². The molecule has 0 heterocycles. The maximum Gasteiger partial charge on any atom is 0.180 e. The van der Waals surface area contributed by atoms with Crippen molar-refractivity contribution in [3.63, 3.8) is 0 Å². The van der Waals surface area contributed by atoms with Gasteiger partial charge in [-0.25, -0.2) is 0 Å². The lowest BCUT2D eigenvalue weighted by Crippen LogP contribution is -2.04. The highest BCUT2D eigenvalue weighted by Gasteiger charge is 2.14. The molecule has 1 aliphatic carbocycles. The minimum atomic E-state index is 0.388. The van der Waals surface area contributed by atoms with Gasteiger partial charge in [0.2, 0.25) is 0 Å². The topological polar surface area (TPSA) is 33.1 Å². The number of ether oxygens (including phenoxy) is 1. The lowest BCUT2D eigenvalue weighted by Gasteiger charge is -2.22. The van der Waals surface area contributed by atoms with E-state index >= 15 is 0 Å². The second-order valence-electron chi connectivity index (χ2n) is 5.56. The summed E-state index contributed by atoms with van der Waals surface area (Å²) < 4.78 is 4.87. The smallest absolute Gasteiger partial charge is 0.180 e. The van der Waals surface area contributed by atoms with Gasteiger partial charge in [-0.1, -0.05) is 43.5 Å². The minimum Gasteiger partial charge on any atom is -0.484 e. The van der Waals surface area contributed by atoms with Gasteiger partial charge in [0.05, 0.1) is 7.11 Å². The molecule has 0 saturated heterocycles. The highest BCUT2D eigenvalue weighted by Crippen LogP contribution is 2.32. The van der Waals surface area contributed by atoms with E-state index in [2.05, 4.69) is 24.3 Å². The Balaban J connectivity index is 1.82. The largest absolute Gasteiger partial charge is 0.484 e. The summed E-state index contributed by atoms with van der Waals surface area (Å²) >= 11 is 0. The molecule has 0 aromatic heterocycles. The van der Waals surface area contributed by atoms with E-state index in [1.54, 1.807) is 7.11 Å². The molecular formula is C17H25NO. The zero-order valence-electron chi connectivity index (χ0n) is 12.0. The maximum absolute atomic E-state index is 7.45. The molecule has 2 rings (SSSR count). The molecule has 2 heteroatoms. The normalized spacial score (nSPS) is 16.3. The van der Waals surface area contributed by atoms with Crippen LogP contribution in [0.15, 0.2) is 24.3 Å². The van der Waals surface area contributed by atoms with E-state index < -0.39 is 0 Å². The van der Waals surface area contributed by atoms with Crippen LogP contribution < -0.4 is 0 Å². The molecule has 0 unspecified atom stereocenters. The molecule has 1 N–H and O–H groups in total. The molecule has 1 fully saturated rings. The predicted molar refractivity (Wildman–Crippen MR) is 79.9 cm³/mol. The Labute approximate surface area is 116 Å². The Morgan fingerprint density at radius 2 is 1.84 bits per heavy atom. The molecule has 0 spiro atoms. The molecule has 0 radical (unpaired) electrons. The molecule has 1 aliphatic rings. The van der Waals surface area contributed by atoms with Crippen molar-refractivity contribution in [1.29, 1.82) is 5.41 Å². The summed E-state index contributed by atoms with van der Waals surface area (Å²) in [5.41, 5.74) is 2.90. The third-order valence-corrected chi connectivity index (χ3v) is 4.17. The van der Waals surface area contributed by atoms with Gasteiger partial charge < -0.3 is 4.74 Å². The van der Waals surface area contributed by atoms with Crippen LogP contribution in [-0.2, 0) is 11.2 Å². The van der Waals surface area contributed by atoms with Gasteiger partial charge in [-0.3, -0.25) is 5.41 Å². The first-order valence-electron chi connectivity index (χ1n) is 7.50. The first kappa shape index (κ1) is 14.1. The second kappa shape index (κ2) is 7.32. The number of methoxy groups -OCH3 is 1. The number of benzene rings is 1. The molecule has 1 saturated carbocycles. The van der Waals surface area contributed by atoms with Crippen LogP contribution in [-0.4, -0.2) is 13.0 Å². The molecule has 104 valence electrons. The summed E-state index contributed by atoms with van der Waals surface area (Å²) in [7, 11) is 1.57. The Morgan fingerprint density at radius 1 is 1.16 bits per heavy atom. The highest BCUT2D eigenvalue weighted by atomic mass is 16.5. The molecule has 0 atom stereocenters. The molecule has 0 aliphatic heterocycles. The summed E-state index contributed by atoms with van der Waals surface area (Å²) in [6.45, 7) is 0. The lowest BCUT2D eigenvalue weighted by atomic mass is 9.84. The van der Waals surface area contributed by atoms with E-state index in [1.165, 1.54) is 43.2 Å². The van der Waals surface area contributed by atoms with Crippen LogP contribution in [0.25, 0.3) is 0 Å².